The first kappa shape index (κ1) is 16.5. The standard InChI is InChI=1S/C21H15BrN2O2/c1-26-17-6-4-5-15(13-17)21(25)24-19-8-3-2-7-18(19)23-20(24)14-9-11-16(22)12-10-14/h2-13H,1H3. The summed E-state index contributed by atoms with van der Waals surface area (Å²) in [5, 5.41) is 0. The van der Waals surface area contributed by atoms with Crippen molar-refractivity contribution >= 4 is 32.9 Å². The van der Waals surface area contributed by atoms with E-state index in [2.05, 4.69) is 15.9 Å². The molecule has 4 rings (SSSR count). The SMILES string of the molecule is COc1cccc(C(=O)n2c(-c3ccc(Br)cc3)nc3ccccc32)c1. The molecule has 1 aromatic heterocycles. The maximum absolute atomic E-state index is 13.3. The lowest BCUT2D eigenvalue weighted by Crippen LogP contribution is -2.13. The zero-order valence-electron chi connectivity index (χ0n) is 14.0. The molecule has 4 aromatic rings. The van der Waals surface area contributed by atoms with Crippen LogP contribution in [0.4, 0.5) is 0 Å². The van der Waals surface area contributed by atoms with E-state index in [1.165, 1.54) is 0 Å². The third-order valence-corrected chi connectivity index (χ3v) is 4.71. The van der Waals surface area contributed by atoms with E-state index in [4.69, 9.17) is 9.72 Å². The number of ether oxygens (including phenoxy) is 1. The maximum atomic E-state index is 13.3. The number of carbonyl (C=O) groups is 1. The summed E-state index contributed by atoms with van der Waals surface area (Å²) in [6, 6.07) is 22.6. The van der Waals surface area contributed by atoms with E-state index in [1.807, 2.05) is 60.7 Å². The number of aromatic nitrogens is 2. The number of imidazole rings is 1. The molecule has 0 fully saturated rings. The Labute approximate surface area is 159 Å². The second-order valence-electron chi connectivity index (χ2n) is 5.80. The molecule has 0 aliphatic carbocycles. The van der Waals surface area contributed by atoms with Crippen molar-refractivity contribution in [2.45, 2.75) is 0 Å². The highest BCUT2D eigenvalue weighted by atomic mass is 79.9. The van der Waals surface area contributed by atoms with Crippen LogP contribution < -0.4 is 4.74 Å². The van der Waals surface area contributed by atoms with Crippen molar-refractivity contribution in [1.29, 1.82) is 0 Å². The van der Waals surface area contributed by atoms with E-state index in [9.17, 15) is 4.79 Å². The van der Waals surface area contributed by atoms with Gasteiger partial charge in [0.15, 0.2) is 0 Å². The van der Waals surface area contributed by atoms with Crippen LogP contribution in [-0.4, -0.2) is 22.6 Å². The van der Waals surface area contributed by atoms with Crippen molar-refractivity contribution in [2.24, 2.45) is 0 Å². The molecule has 5 heteroatoms. The highest BCUT2D eigenvalue weighted by Gasteiger charge is 2.19. The third-order valence-electron chi connectivity index (χ3n) is 4.18. The number of benzene rings is 3. The Balaban J connectivity index is 1.93. The lowest BCUT2D eigenvalue weighted by Gasteiger charge is -2.09. The number of nitrogens with zero attached hydrogens (tertiary/aromatic N) is 2. The minimum atomic E-state index is -0.143. The topological polar surface area (TPSA) is 44.1 Å². The third kappa shape index (κ3) is 2.91. The molecule has 0 spiro atoms. The molecule has 0 aliphatic rings. The molecule has 0 atom stereocenters. The highest BCUT2D eigenvalue weighted by Crippen LogP contribution is 2.27. The van der Waals surface area contributed by atoms with Gasteiger partial charge in [-0.05, 0) is 42.5 Å². The number of para-hydroxylation sites is 2. The van der Waals surface area contributed by atoms with E-state index < -0.39 is 0 Å². The number of carbonyl (C=O) groups excluding carboxylic acids is 1. The number of hydrogen-bond acceptors (Lipinski definition) is 3. The predicted octanol–water partition coefficient (Wildman–Crippen LogP) is 5.16. The first-order valence-electron chi connectivity index (χ1n) is 8.09. The van der Waals surface area contributed by atoms with Gasteiger partial charge in [0.2, 0.25) is 0 Å². The largest absolute Gasteiger partial charge is 0.497 e. The smallest absolute Gasteiger partial charge is 0.264 e. The van der Waals surface area contributed by atoms with Crippen LogP contribution in [0.5, 0.6) is 5.75 Å². The molecule has 0 saturated carbocycles. The van der Waals surface area contributed by atoms with Gasteiger partial charge in [0.25, 0.3) is 5.91 Å². The van der Waals surface area contributed by atoms with E-state index in [0.29, 0.717) is 17.1 Å². The van der Waals surface area contributed by atoms with Crippen LogP contribution in [-0.2, 0) is 0 Å². The Morgan fingerprint density at radius 3 is 2.54 bits per heavy atom. The molecule has 1 heterocycles. The average Bonchev–Trinajstić information content (AvgIpc) is 3.07. The van der Waals surface area contributed by atoms with Crippen LogP contribution in [0.1, 0.15) is 10.4 Å². The molecule has 26 heavy (non-hydrogen) atoms. The molecule has 0 N–H and O–H groups in total. The van der Waals surface area contributed by atoms with Gasteiger partial charge in [0.1, 0.15) is 11.6 Å². The van der Waals surface area contributed by atoms with E-state index in [0.717, 1.165) is 21.1 Å². The molecule has 0 bridgehead atoms. The maximum Gasteiger partial charge on any atom is 0.264 e. The van der Waals surface area contributed by atoms with Gasteiger partial charge in [-0.1, -0.05) is 46.3 Å². The van der Waals surface area contributed by atoms with Crippen LogP contribution in [0.25, 0.3) is 22.4 Å². The molecular formula is C21H15BrN2O2. The quantitative estimate of drug-likeness (QED) is 0.471. The van der Waals surface area contributed by atoms with Crippen molar-refractivity contribution in [2.75, 3.05) is 7.11 Å². The fraction of sp³-hybridized carbons (Fsp3) is 0.0476. The van der Waals surface area contributed by atoms with Crippen molar-refractivity contribution in [3.05, 3.63) is 82.8 Å². The first-order chi connectivity index (χ1) is 12.7. The predicted molar refractivity (Wildman–Crippen MR) is 106 cm³/mol. The molecule has 3 aromatic carbocycles. The number of fused-ring (bicyclic) bond motifs is 1. The van der Waals surface area contributed by atoms with Gasteiger partial charge in [0.05, 0.1) is 18.1 Å². The molecule has 0 unspecified atom stereocenters. The summed E-state index contributed by atoms with van der Waals surface area (Å²) < 4.78 is 7.89. The molecule has 4 nitrogen and oxygen atoms in total. The van der Waals surface area contributed by atoms with Crippen LogP contribution in [0.3, 0.4) is 0 Å². The minimum absolute atomic E-state index is 0.143. The van der Waals surface area contributed by atoms with E-state index >= 15 is 0 Å². The van der Waals surface area contributed by atoms with Crippen molar-refractivity contribution in [3.8, 4) is 17.1 Å². The van der Waals surface area contributed by atoms with Crippen LogP contribution in [0, 0.1) is 0 Å². The van der Waals surface area contributed by atoms with Gasteiger partial charge < -0.3 is 4.74 Å². The number of rotatable bonds is 3. The zero-order valence-corrected chi connectivity index (χ0v) is 15.6. The second-order valence-corrected chi connectivity index (χ2v) is 6.72. The van der Waals surface area contributed by atoms with Gasteiger partial charge >= 0.3 is 0 Å². The molecule has 0 radical (unpaired) electrons. The van der Waals surface area contributed by atoms with Gasteiger partial charge in [-0.2, -0.15) is 0 Å². The van der Waals surface area contributed by atoms with E-state index in [-0.39, 0.29) is 5.91 Å². The molecule has 128 valence electrons. The Kier molecular flexibility index (Phi) is 4.31. The Hall–Kier alpha value is -2.92. The summed E-state index contributed by atoms with van der Waals surface area (Å²) in [7, 11) is 1.59. The van der Waals surface area contributed by atoms with Crippen molar-refractivity contribution in [1.82, 2.24) is 9.55 Å². The summed E-state index contributed by atoms with van der Waals surface area (Å²) in [5.41, 5.74) is 2.98. The van der Waals surface area contributed by atoms with Crippen LogP contribution in [0.2, 0.25) is 0 Å². The second kappa shape index (κ2) is 6.77. The zero-order chi connectivity index (χ0) is 18.1. The van der Waals surface area contributed by atoms with Gasteiger partial charge in [-0.3, -0.25) is 9.36 Å². The van der Waals surface area contributed by atoms with E-state index in [1.54, 1.807) is 23.8 Å². The first-order valence-corrected chi connectivity index (χ1v) is 8.89. The van der Waals surface area contributed by atoms with Crippen molar-refractivity contribution < 1.29 is 9.53 Å². The van der Waals surface area contributed by atoms with Gasteiger partial charge in [-0.15, -0.1) is 0 Å². The average molecular weight is 407 g/mol. The summed E-state index contributed by atoms with van der Waals surface area (Å²) in [6.45, 7) is 0. The van der Waals surface area contributed by atoms with Crippen molar-refractivity contribution in [3.63, 3.8) is 0 Å². The monoisotopic (exact) mass is 406 g/mol. The Bertz CT molecular complexity index is 1100. The number of methoxy groups -OCH3 is 1. The molecule has 0 aliphatic heterocycles. The Morgan fingerprint density at radius 2 is 1.77 bits per heavy atom. The lowest BCUT2D eigenvalue weighted by molar-refractivity contribution is 0.0966. The van der Waals surface area contributed by atoms with Gasteiger partial charge in [-0.25, -0.2) is 4.98 Å². The fourth-order valence-corrected chi connectivity index (χ4v) is 3.17. The Morgan fingerprint density at radius 1 is 1.00 bits per heavy atom. The number of halogens is 1. The fourth-order valence-electron chi connectivity index (χ4n) is 2.91. The normalized spacial score (nSPS) is 10.8. The highest BCUT2D eigenvalue weighted by molar-refractivity contribution is 9.10. The van der Waals surface area contributed by atoms with Gasteiger partial charge in [0, 0.05) is 15.6 Å². The van der Waals surface area contributed by atoms with Crippen LogP contribution >= 0.6 is 15.9 Å². The minimum Gasteiger partial charge on any atom is -0.497 e. The lowest BCUT2D eigenvalue weighted by atomic mass is 10.1. The summed E-state index contributed by atoms with van der Waals surface area (Å²) >= 11 is 3.44. The molecule has 0 saturated heterocycles. The summed E-state index contributed by atoms with van der Waals surface area (Å²) in [6.07, 6.45) is 0. The number of hydrogen-bond donors (Lipinski definition) is 0. The molecule has 0 amide bonds. The van der Waals surface area contributed by atoms with Crippen LogP contribution in [0.15, 0.2) is 77.3 Å². The summed E-state index contributed by atoms with van der Waals surface area (Å²) in [4.78, 5) is 18.0. The molecular weight excluding hydrogens is 392 g/mol. The summed E-state index contributed by atoms with van der Waals surface area (Å²) in [5.74, 6) is 1.12.